The van der Waals surface area contributed by atoms with Gasteiger partial charge in [0.2, 0.25) is 0 Å². The second-order valence-electron chi connectivity index (χ2n) is 5.64. The molecule has 2 N–H and O–H groups in total. The van der Waals surface area contributed by atoms with Gasteiger partial charge in [-0.05, 0) is 45.4 Å². The predicted octanol–water partition coefficient (Wildman–Crippen LogP) is 2.56. The van der Waals surface area contributed by atoms with Crippen LogP contribution in [0.5, 0.6) is 5.75 Å². The highest BCUT2D eigenvalue weighted by atomic mass is 16.5. The zero-order valence-electron chi connectivity index (χ0n) is 13.5. The molecule has 0 aliphatic rings. The van der Waals surface area contributed by atoms with Gasteiger partial charge >= 0.3 is 6.03 Å². The molecule has 1 rings (SSSR count). The van der Waals surface area contributed by atoms with Crippen LogP contribution in [0.2, 0.25) is 0 Å². The number of benzene rings is 1. The van der Waals surface area contributed by atoms with Gasteiger partial charge in [0.1, 0.15) is 5.75 Å². The predicted molar refractivity (Wildman–Crippen MR) is 83.5 cm³/mol. The molecule has 0 saturated carbocycles. The maximum absolute atomic E-state index is 12.0. The molecule has 0 fully saturated rings. The van der Waals surface area contributed by atoms with Crippen LogP contribution in [0.3, 0.4) is 0 Å². The highest BCUT2D eigenvalue weighted by Crippen LogP contribution is 2.18. The van der Waals surface area contributed by atoms with E-state index in [0.29, 0.717) is 6.54 Å². The number of likely N-dealkylation sites (N-methyl/N-ethyl adjacent to an activating group) is 1. The van der Waals surface area contributed by atoms with E-state index in [1.807, 2.05) is 45.0 Å². The van der Waals surface area contributed by atoms with Crippen molar-refractivity contribution in [1.29, 1.82) is 0 Å². The maximum Gasteiger partial charge on any atom is 0.317 e. The molecule has 0 aliphatic heterocycles. The molecule has 5 heteroatoms. The number of carbonyl (C=O) groups excluding carboxylic acids is 1. The van der Waals surface area contributed by atoms with Crippen LogP contribution in [0, 0.1) is 0 Å². The molecule has 1 aromatic carbocycles. The quantitative estimate of drug-likeness (QED) is 0.847. The van der Waals surface area contributed by atoms with E-state index in [0.717, 1.165) is 11.3 Å². The van der Waals surface area contributed by atoms with E-state index in [4.69, 9.17) is 4.74 Å². The van der Waals surface area contributed by atoms with Crippen molar-refractivity contribution >= 4 is 6.03 Å². The molecule has 0 bridgehead atoms. The van der Waals surface area contributed by atoms with Crippen molar-refractivity contribution in [2.24, 2.45) is 0 Å². The van der Waals surface area contributed by atoms with E-state index in [9.17, 15) is 9.90 Å². The van der Waals surface area contributed by atoms with Crippen molar-refractivity contribution in [3.8, 4) is 5.75 Å². The monoisotopic (exact) mass is 294 g/mol. The van der Waals surface area contributed by atoms with E-state index in [-0.39, 0.29) is 18.2 Å². The van der Waals surface area contributed by atoms with E-state index in [1.165, 1.54) is 4.90 Å². The average Bonchev–Trinajstić information content (AvgIpc) is 2.37. The largest absolute Gasteiger partial charge is 0.491 e. The number of hydrogen-bond acceptors (Lipinski definition) is 3. The lowest BCUT2D eigenvalue weighted by molar-refractivity contribution is 0.142. The van der Waals surface area contributed by atoms with Gasteiger partial charge in [0.25, 0.3) is 0 Å². The van der Waals surface area contributed by atoms with Crippen molar-refractivity contribution < 1.29 is 14.6 Å². The Kier molecular flexibility index (Phi) is 6.49. The topological polar surface area (TPSA) is 61.8 Å². The second kappa shape index (κ2) is 7.88. The van der Waals surface area contributed by atoms with Gasteiger partial charge in [-0.2, -0.15) is 0 Å². The Morgan fingerprint density at radius 3 is 2.29 bits per heavy atom. The summed E-state index contributed by atoms with van der Waals surface area (Å²) in [6, 6.07) is 7.37. The fourth-order valence-corrected chi connectivity index (χ4v) is 1.97. The van der Waals surface area contributed by atoms with Gasteiger partial charge in [-0.25, -0.2) is 4.79 Å². The van der Waals surface area contributed by atoms with Gasteiger partial charge < -0.3 is 20.1 Å². The minimum Gasteiger partial charge on any atom is -0.491 e. The third-order valence-corrected chi connectivity index (χ3v) is 2.98. The number of rotatable bonds is 6. The molecule has 1 aromatic rings. The Morgan fingerprint density at radius 1 is 1.24 bits per heavy atom. The summed E-state index contributed by atoms with van der Waals surface area (Å²) in [6.45, 7) is 7.84. The van der Waals surface area contributed by atoms with E-state index in [2.05, 4.69) is 5.32 Å². The molecule has 2 unspecified atom stereocenters. The summed E-state index contributed by atoms with van der Waals surface area (Å²) in [4.78, 5) is 13.4. The molecular formula is C16H26N2O3. The molecule has 5 nitrogen and oxygen atoms in total. The van der Waals surface area contributed by atoms with Crippen LogP contribution < -0.4 is 10.1 Å². The van der Waals surface area contributed by atoms with Crippen LogP contribution in [-0.2, 0) is 0 Å². The SMILES string of the molecule is CC(O)CN(C)C(=O)NC(C)c1ccc(OC(C)C)cc1. The first-order chi connectivity index (χ1) is 9.79. The van der Waals surface area contributed by atoms with Gasteiger partial charge in [0.15, 0.2) is 0 Å². The molecule has 2 amide bonds. The number of hydrogen-bond donors (Lipinski definition) is 2. The first-order valence-corrected chi connectivity index (χ1v) is 7.26. The first kappa shape index (κ1) is 17.3. The highest BCUT2D eigenvalue weighted by molar-refractivity contribution is 5.74. The molecular weight excluding hydrogens is 268 g/mol. The molecule has 0 spiro atoms. The molecule has 0 aromatic heterocycles. The van der Waals surface area contributed by atoms with Gasteiger partial charge in [-0.15, -0.1) is 0 Å². The Morgan fingerprint density at radius 2 is 1.81 bits per heavy atom. The lowest BCUT2D eigenvalue weighted by atomic mass is 10.1. The van der Waals surface area contributed by atoms with Crippen LogP contribution >= 0.6 is 0 Å². The third-order valence-electron chi connectivity index (χ3n) is 2.98. The number of nitrogens with one attached hydrogen (secondary N) is 1. The molecule has 0 radical (unpaired) electrons. The second-order valence-corrected chi connectivity index (χ2v) is 5.64. The molecule has 0 heterocycles. The van der Waals surface area contributed by atoms with Crippen LogP contribution in [-0.4, -0.2) is 41.8 Å². The van der Waals surface area contributed by atoms with Crippen LogP contribution in [0.25, 0.3) is 0 Å². The number of aliphatic hydroxyl groups excluding tert-OH is 1. The Bertz CT molecular complexity index is 443. The lowest BCUT2D eigenvalue weighted by Crippen LogP contribution is -2.41. The van der Waals surface area contributed by atoms with Crippen molar-refractivity contribution in [2.75, 3.05) is 13.6 Å². The van der Waals surface area contributed by atoms with Crippen LogP contribution in [0.4, 0.5) is 4.79 Å². The fraction of sp³-hybridized carbons (Fsp3) is 0.562. The normalized spacial score (nSPS) is 13.7. The standard InChI is InChI=1S/C16H26N2O3/c1-11(2)21-15-8-6-14(7-9-15)13(4)17-16(20)18(5)10-12(3)19/h6-9,11-13,19H,10H2,1-5H3,(H,17,20). The molecule has 2 atom stereocenters. The highest BCUT2D eigenvalue weighted by Gasteiger charge is 2.14. The molecule has 0 aliphatic carbocycles. The zero-order valence-corrected chi connectivity index (χ0v) is 13.5. The summed E-state index contributed by atoms with van der Waals surface area (Å²) < 4.78 is 5.59. The Balaban J connectivity index is 2.58. The number of ether oxygens (including phenoxy) is 1. The lowest BCUT2D eigenvalue weighted by Gasteiger charge is -2.22. The fourth-order valence-electron chi connectivity index (χ4n) is 1.97. The smallest absolute Gasteiger partial charge is 0.317 e. The zero-order chi connectivity index (χ0) is 16.0. The third kappa shape index (κ3) is 6.04. The first-order valence-electron chi connectivity index (χ1n) is 7.26. The summed E-state index contributed by atoms with van der Waals surface area (Å²) in [7, 11) is 1.66. The number of amides is 2. The summed E-state index contributed by atoms with van der Waals surface area (Å²) in [6.07, 6.45) is -0.398. The maximum atomic E-state index is 12.0. The molecule has 118 valence electrons. The minimum absolute atomic E-state index is 0.109. The number of carbonyl (C=O) groups is 1. The van der Waals surface area contributed by atoms with E-state index < -0.39 is 6.10 Å². The molecule has 0 saturated heterocycles. The summed E-state index contributed by atoms with van der Waals surface area (Å²) in [5, 5.41) is 12.2. The summed E-state index contributed by atoms with van der Waals surface area (Å²) in [5.41, 5.74) is 1.00. The van der Waals surface area contributed by atoms with Crippen molar-refractivity contribution in [2.45, 2.75) is 45.9 Å². The Labute approximate surface area is 126 Å². The Hall–Kier alpha value is -1.75. The van der Waals surface area contributed by atoms with Gasteiger partial charge in [-0.1, -0.05) is 12.1 Å². The van der Waals surface area contributed by atoms with E-state index in [1.54, 1.807) is 14.0 Å². The van der Waals surface area contributed by atoms with Crippen molar-refractivity contribution in [1.82, 2.24) is 10.2 Å². The van der Waals surface area contributed by atoms with Gasteiger partial charge in [0.05, 0.1) is 18.2 Å². The minimum atomic E-state index is -0.538. The summed E-state index contributed by atoms with van der Waals surface area (Å²) in [5.74, 6) is 0.818. The van der Waals surface area contributed by atoms with Crippen molar-refractivity contribution in [3.05, 3.63) is 29.8 Å². The molecule has 21 heavy (non-hydrogen) atoms. The number of urea groups is 1. The average molecular weight is 294 g/mol. The van der Waals surface area contributed by atoms with E-state index >= 15 is 0 Å². The number of aliphatic hydroxyl groups is 1. The number of nitrogens with zero attached hydrogens (tertiary/aromatic N) is 1. The van der Waals surface area contributed by atoms with Gasteiger partial charge in [-0.3, -0.25) is 0 Å². The summed E-state index contributed by atoms with van der Waals surface area (Å²) >= 11 is 0. The van der Waals surface area contributed by atoms with Crippen LogP contribution in [0.15, 0.2) is 24.3 Å². The van der Waals surface area contributed by atoms with Crippen molar-refractivity contribution in [3.63, 3.8) is 0 Å². The van der Waals surface area contributed by atoms with Crippen LogP contribution in [0.1, 0.15) is 39.3 Å². The van der Waals surface area contributed by atoms with Gasteiger partial charge in [0, 0.05) is 13.6 Å².